The molecule has 0 saturated carbocycles. The second-order valence-corrected chi connectivity index (χ2v) is 5.95. The first kappa shape index (κ1) is 15.2. The monoisotopic (exact) mass is 303 g/mol. The Bertz CT molecular complexity index is 539. The summed E-state index contributed by atoms with van der Waals surface area (Å²) >= 11 is 0. The summed E-state index contributed by atoms with van der Waals surface area (Å²) in [5.74, 6) is 2.06. The van der Waals surface area contributed by atoms with Crippen molar-refractivity contribution in [3.8, 4) is 5.75 Å². The van der Waals surface area contributed by atoms with Crippen molar-refractivity contribution in [3.05, 3.63) is 29.3 Å². The van der Waals surface area contributed by atoms with Gasteiger partial charge in [-0.05, 0) is 42.5 Å². The van der Waals surface area contributed by atoms with Gasteiger partial charge in [0.1, 0.15) is 5.75 Å². The maximum atomic E-state index is 6.13. The van der Waals surface area contributed by atoms with Gasteiger partial charge in [0.2, 0.25) is 0 Å². The van der Waals surface area contributed by atoms with E-state index in [1.807, 2.05) is 6.07 Å². The van der Waals surface area contributed by atoms with Crippen molar-refractivity contribution in [1.82, 2.24) is 4.90 Å². The van der Waals surface area contributed by atoms with Crippen LogP contribution in [0.2, 0.25) is 0 Å². The minimum Gasteiger partial charge on any atom is -0.497 e. The fraction of sp³-hybridized carbons (Fsp3) is 0.588. The number of hydrogen-bond donors (Lipinski definition) is 1. The van der Waals surface area contributed by atoms with Crippen molar-refractivity contribution in [2.24, 2.45) is 10.7 Å². The lowest BCUT2D eigenvalue weighted by Crippen LogP contribution is -2.45. The van der Waals surface area contributed by atoms with Crippen LogP contribution in [0.15, 0.2) is 23.2 Å². The molecule has 2 aliphatic rings. The first-order valence-electron chi connectivity index (χ1n) is 8.07. The van der Waals surface area contributed by atoms with Crippen LogP contribution in [0.3, 0.4) is 0 Å². The number of guanidine groups is 1. The van der Waals surface area contributed by atoms with Crippen molar-refractivity contribution in [2.45, 2.75) is 25.2 Å². The molecule has 0 spiro atoms. The van der Waals surface area contributed by atoms with Crippen molar-refractivity contribution in [1.29, 1.82) is 0 Å². The van der Waals surface area contributed by atoms with Crippen molar-refractivity contribution in [3.63, 3.8) is 0 Å². The maximum absolute atomic E-state index is 6.13. The second-order valence-electron chi connectivity index (χ2n) is 5.95. The van der Waals surface area contributed by atoms with E-state index in [1.165, 1.54) is 24.0 Å². The molecule has 1 atom stereocenters. The standard InChI is InChI=1S/C17H25N3O2/c1-21-15-5-6-16-13(11-15)3-2-4-14(16)12-19-17(18)20-7-9-22-10-8-20/h5-6,11,14H,2-4,7-10,12H2,1H3,(H2,18,19)/t14-/m1/s1. The number of nitrogens with two attached hydrogens (primary N) is 1. The molecule has 0 bridgehead atoms. The molecule has 1 heterocycles. The van der Waals surface area contributed by atoms with Gasteiger partial charge in [-0.15, -0.1) is 0 Å². The van der Waals surface area contributed by atoms with Crippen molar-refractivity contribution >= 4 is 5.96 Å². The number of methoxy groups -OCH3 is 1. The third-order valence-electron chi connectivity index (χ3n) is 4.60. The number of hydrogen-bond acceptors (Lipinski definition) is 3. The predicted octanol–water partition coefficient (Wildman–Crippen LogP) is 1.76. The van der Waals surface area contributed by atoms with Crippen LogP contribution in [0, 0.1) is 0 Å². The molecule has 1 saturated heterocycles. The van der Waals surface area contributed by atoms with E-state index in [-0.39, 0.29) is 0 Å². The first-order chi connectivity index (χ1) is 10.8. The molecule has 1 aromatic carbocycles. The highest BCUT2D eigenvalue weighted by Gasteiger charge is 2.21. The lowest BCUT2D eigenvalue weighted by Gasteiger charge is -2.29. The third-order valence-corrected chi connectivity index (χ3v) is 4.60. The Balaban J connectivity index is 1.69. The number of aliphatic imine (C=N–C) groups is 1. The summed E-state index contributed by atoms with van der Waals surface area (Å²) in [5, 5.41) is 0. The molecule has 0 radical (unpaired) electrons. The van der Waals surface area contributed by atoms with Crippen LogP contribution in [-0.2, 0) is 11.2 Å². The first-order valence-corrected chi connectivity index (χ1v) is 8.07. The quantitative estimate of drug-likeness (QED) is 0.683. The van der Waals surface area contributed by atoms with Crippen LogP contribution >= 0.6 is 0 Å². The number of ether oxygens (including phenoxy) is 2. The van der Waals surface area contributed by atoms with E-state index in [0.717, 1.165) is 45.0 Å². The van der Waals surface area contributed by atoms with E-state index in [9.17, 15) is 0 Å². The van der Waals surface area contributed by atoms with Crippen LogP contribution in [0.5, 0.6) is 5.75 Å². The average molecular weight is 303 g/mol. The number of fused-ring (bicyclic) bond motifs is 1. The minimum atomic E-state index is 0.467. The topological polar surface area (TPSA) is 60.1 Å². The zero-order valence-corrected chi connectivity index (χ0v) is 13.3. The lowest BCUT2D eigenvalue weighted by molar-refractivity contribution is 0.0674. The predicted molar refractivity (Wildman–Crippen MR) is 87.6 cm³/mol. The fourth-order valence-electron chi connectivity index (χ4n) is 3.30. The van der Waals surface area contributed by atoms with E-state index < -0.39 is 0 Å². The molecular formula is C17H25N3O2. The van der Waals surface area contributed by atoms with Crippen LogP contribution in [0.1, 0.15) is 29.9 Å². The smallest absolute Gasteiger partial charge is 0.191 e. The summed E-state index contributed by atoms with van der Waals surface area (Å²) in [6.45, 7) is 3.93. The maximum Gasteiger partial charge on any atom is 0.191 e. The molecule has 0 amide bonds. The molecule has 1 fully saturated rings. The van der Waals surface area contributed by atoms with Gasteiger partial charge in [0, 0.05) is 25.6 Å². The van der Waals surface area contributed by atoms with E-state index in [4.69, 9.17) is 15.2 Å². The Kier molecular flexibility index (Phi) is 4.83. The van der Waals surface area contributed by atoms with Crippen molar-refractivity contribution < 1.29 is 9.47 Å². The van der Waals surface area contributed by atoms with Gasteiger partial charge in [-0.3, -0.25) is 4.99 Å². The highest BCUT2D eigenvalue weighted by Crippen LogP contribution is 2.33. The molecule has 120 valence electrons. The van der Waals surface area contributed by atoms with Gasteiger partial charge in [0.15, 0.2) is 5.96 Å². The number of nitrogens with zero attached hydrogens (tertiary/aromatic N) is 2. The minimum absolute atomic E-state index is 0.467. The third kappa shape index (κ3) is 3.35. The Labute approximate surface area is 132 Å². The molecule has 1 aliphatic carbocycles. The lowest BCUT2D eigenvalue weighted by atomic mass is 9.83. The van der Waals surface area contributed by atoms with Crippen molar-refractivity contribution in [2.75, 3.05) is 40.0 Å². The van der Waals surface area contributed by atoms with Gasteiger partial charge < -0.3 is 20.1 Å². The van der Waals surface area contributed by atoms with Crippen LogP contribution < -0.4 is 10.5 Å². The van der Waals surface area contributed by atoms with Crippen LogP contribution in [0.4, 0.5) is 0 Å². The summed E-state index contributed by atoms with van der Waals surface area (Å²) < 4.78 is 10.7. The van der Waals surface area contributed by atoms with Gasteiger partial charge in [-0.2, -0.15) is 0 Å². The average Bonchev–Trinajstić information content (AvgIpc) is 2.59. The molecule has 2 N–H and O–H groups in total. The number of aryl methyl sites for hydroxylation is 1. The SMILES string of the molecule is COc1ccc2c(c1)CCC[C@@H]2CN=C(N)N1CCOCC1. The largest absolute Gasteiger partial charge is 0.497 e. The second kappa shape index (κ2) is 7.01. The molecule has 5 nitrogen and oxygen atoms in total. The fourth-order valence-corrected chi connectivity index (χ4v) is 3.30. The summed E-state index contributed by atoms with van der Waals surface area (Å²) in [4.78, 5) is 6.76. The summed E-state index contributed by atoms with van der Waals surface area (Å²) in [6.07, 6.45) is 3.52. The van der Waals surface area contributed by atoms with Gasteiger partial charge in [-0.1, -0.05) is 6.07 Å². The van der Waals surface area contributed by atoms with E-state index in [1.54, 1.807) is 7.11 Å². The number of morpholine rings is 1. The molecule has 1 aliphatic heterocycles. The number of rotatable bonds is 3. The molecule has 3 rings (SSSR count). The van der Waals surface area contributed by atoms with Crippen LogP contribution in [0.25, 0.3) is 0 Å². The normalized spacial score (nSPS) is 22.3. The molecule has 0 unspecified atom stereocenters. The summed E-state index contributed by atoms with van der Waals surface area (Å²) in [5.41, 5.74) is 8.94. The Morgan fingerprint density at radius 2 is 2.23 bits per heavy atom. The Hall–Kier alpha value is -1.75. The molecule has 22 heavy (non-hydrogen) atoms. The summed E-state index contributed by atoms with van der Waals surface area (Å²) in [7, 11) is 1.72. The molecule has 0 aromatic heterocycles. The van der Waals surface area contributed by atoms with E-state index >= 15 is 0 Å². The summed E-state index contributed by atoms with van der Waals surface area (Å²) in [6, 6.07) is 6.40. The number of benzene rings is 1. The zero-order chi connectivity index (χ0) is 15.4. The van der Waals surface area contributed by atoms with Crippen LogP contribution in [-0.4, -0.2) is 50.8 Å². The molecule has 5 heteroatoms. The Morgan fingerprint density at radius 3 is 3.00 bits per heavy atom. The van der Waals surface area contributed by atoms with E-state index in [2.05, 4.69) is 22.0 Å². The van der Waals surface area contributed by atoms with Gasteiger partial charge in [0.25, 0.3) is 0 Å². The Morgan fingerprint density at radius 1 is 1.41 bits per heavy atom. The van der Waals surface area contributed by atoms with Gasteiger partial charge in [0.05, 0.1) is 20.3 Å². The zero-order valence-electron chi connectivity index (χ0n) is 13.3. The van der Waals surface area contributed by atoms with Gasteiger partial charge >= 0.3 is 0 Å². The molecule has 1 aromatic rings. The highest BCUT2D eigenvalue weighted by atomic mass is 16.5. The molecular weight excluding hydrogens is 278 g/mol. The van der Waals surface area contributed by atoms with E-state index in [0.29, 0.717) is 11.9 Å². The highest BCUT2D eigenvalue weighted by molar-refractivity contribution is 5.78. The van der Waals surface area contributed by atoms with Gasteiger partial charge in [-0.25, -0.2) is 0 Å².